The molecule has 1 fully saturated rings. The molecule has 2 aromatic heterocycles. The molecule has 0 spiro atoms. The highest BCUT2D eigenvalue weighted by molar-refractivity contribution is 5.94. The second-order valence-electron chi connectivity index (χ2n) is 7.93. The molecule has 1 aliphatic heterocycles. The van der Waals surface area contributed by atoms with Gasteiger partial charge in [0.15, 0.2) is 0 Å². The topological polar surface area (TPSA) is 98.0 Å². The number of amides is 1. The Hall–Kier alpha value is -4.15. The van der Waals surface area contributed by atoms with Crippen molar-refractivity contribution < 1.29 is 18.0 Å². The lowest BCUT2D eigenvalue weighted by Gasteiger charge is -2.35. The molecule has 4 aromatic rings. The molecular weight excluding hydrogens is 449 g/mol. The number of hydrogen-bond acceptors (Lipinski definition) is 5. The standard InChI is InChI=1S/C23H19F3N6O2/c24-23(25,26)19-13-18(29-30-19)14-5-7-15(8-6-14)21(34)31-9-11-32(12-10-31)22-27-17-4-2-1-3-16(17)20(33)28-22/h1-8,13H,9-12H2,(H,29,30)(H,27,28,33). The minimum atomic E-state index is -4.50. The number of carbonyl (C=O) groups excluding carboxylic acids is 1. The van der Waals surface area contributed by atoms with Gasteiger partial charge in [-0.25, -0.2) is 4.98 Å². The van der Waals surface area contributed by atoms with Crippen LogP contribution < -0.4 is 10.5 Å². The SMILES string of the molecule is O=C(c1ccc(-c2cc(C(F)(F)F)[nH]n2)cc1)N1CCN(c2nc3ccccc3c(=O)[nH]2)CC1. The van der Waals surface area contributed by atoms with Gasteiger partial charge in [0.25, 0.3) is 11.5 Å². The summed E-state index contributed by atoms with van der Waals surface area (Å²) >= 11 is 0. The Morgan fingerprint density at radius 3 is 2.35 bits per heavy atom. The van der Waals surface area contributed by atoms with Crippen molar-refractivity contribution in [2.45, 2.75) is 6.18 Å². The van der Waals surface area contributed by atoms with Crippen molar-refractivity contribution in [3.8, 4) is 11.3 Å². The number of nitrogens with one attached hydrogen (secondary N) is 2. The molecule has 174 valence electrons. The van der Waals surface area contributed by atoms with E-state index in [1.54, 1.807) is 47.4 Å². The van der Waals surface area contributed by atoms with E-state index in [9.17, 15) is 22.8 Å². The molecule has 0 unspecified atom stereocenters. The molecule has 8 nitrogen and oxygen atoms in total. The van der Waals surface area contributed by atoms with E-state index >= 15 is 0 Å². The number of aromatic nitrogens is 4. The van der Waals surface area contributed by atoms with Crippen molar-refractivity contribution in [2.24, 2.45) is 0 Å². The third kappa shape index (κ3) is 4.12. The Morgan fingerprint density at radius 2 is 1.68 bits per heavy atom. The van der Waals surface area contributed by atoms with Crippen molar-refractivity contribution >= 4 is 22.8 Å². The zero-order valence-corrected chi connectivity index (χ0v) is 17.8. The molecule has 1 amide bonds. The second-order valence-corrected chi connectivity index (χ2v) is 7.93. The first-order valence-electron chi connectivity index (χ1n) is 10.6. The number of nitrogens with zero attached hydrogens (tertiary/aromatic N) is 4. The van der Waals surface area contributed by atoms with Gasteiger partial charge < -0.3 is 9.80 Å². The van der Waals surface area contributed by atoms with E-state index in [0.717, 1.165) is 6.07 Å². The van der Waals surface area contributed by atoms with Gasteiger partial charge in [-0.15, -0.1) is 0 Å². The highest BCUT2D eigenvalue weighted by atomic mass is 19.4. The first kappa shape index (κ1) is 21.7. The van der Waals surface area contributed by atoms with Gasteiger partial charge in [0.05, 0.1) is 16.6 Å². The number of H-pyrrole nitrogens is 2. The van der Waals surface area contributed by atoms with Crippen LogP contribution in [0.1, 0.15) is 16.1 Å². The molecule has 0 bridgehead atoms. The minimum absolute atomic E-state index is 0.150. The van der Waals surface area contributed by atoms with E-state index in [4.69, 9.17) is 0 Å². The number of hydrogen-bond donors (Lipinski definition) is 2. The fourth-order valence-corrected chi connectivity index (χ4v) is 3.93. The Kier molecular flexibility index (Phi) is 5.31. The van der Waals surface area contributed by atoms with E-state index in [-0.39, 0.29) is 17.2 Å². The van der Waals surface area contributed by atoms with Gasteiger partial charge in [-0.3, -0.25) is 19.7 Å². The third-order valence-electron chi connectivity index (χ3n) is 5.78. The lowest BCUT2D eigenvalue weighted by atomic mass is 10.1. The summed E-state index contributed by atoms with van der Waals surface area (Å²) < 4.78 is 38.3. The number of aromatic amines is 2. The maximum Gasteiger partial charge on any atom is 0.432 e. The maximum atomic E-state index is 12.9. The maximum absolute atomic E-state index is 12.9. The molecule has 0 saturated carbocycles. The Labute approximate surface area is 191 Å². The predicted molar refractivity (Wildman–Crippen MR) is 120 cm³/mol. The molecule has 0 radical (unpaired) electrons. The predicted octanol–water partition coefficient (Wildman–Crippen LogP) is 3.29. The summed E-state index contributed by atoms with van der Waals surface area (Å²) in [5, 5.41) is 6.21. The van der Waals surface area contributed by atoms with Crippen LogP contribution in [0.25, 0.3) is 22.2 Å². The average molecular weight is 468 g/mol. The third-order valence-corrected chi connectivity index (χ3v) is 5.78. The molecular formula is C23H19F3N6O2. The molecule has 0 atom stereocenters. The summed E-state index contributed by atoms with van der Waals surface area (Å²) in [4.78, 5) is 36.2. The van der Waals surface area contributed by atoms with Gasteiger partial charge in [-0.05, 0) is 30.3 Å². The summed E-state index contributed by atoms with van der Waals surface area (Å²) in [6.07, 6.45) is -4.50. The number of benzene rings is 2. The number of alkyl halides is 3. The number of rotatable bonds is 3. The van der Waals surface area contributed by atoms with Crippen LogP contribution in [-0.4, -0.2) is 57.2 Å². The van der Waals surface area contributed by atoms with Crippen molar-refractivity contribution in [3.05, 3.63) is 76.2 Å². The van der Waals surface area contributed by atoms with E-state index in [1.165, 1.54) is 0 Å². The minimum Gasteiger partial charge on any atom is -0.339 e. The Balaban J connectivity index is 1.25. The van der Waals surface area contributed by atoms with Crippen LogP contribution in [0.4, 0.5) is 19.1 Å². The Morgan fingerprint density at radius 1 is 0.971 bits per heavy atom. The van der Waals surface area contributed by atoms with Crippen LogP contribution in [0.3, 0.4) is 0 Å². The monoisotopic (exact) mass is 468 g/mol. The summed E-state index contributed by atoms with van der Waals surface area (Å²) in [6, 6.07) is 14.3. The van der Waals surface area contributed by atoms with Crippen LogP contribution in [0.15, 0.2) is 59.4 Å². The summed E-state index contributed by atoms with van der Waals surface area (Å²) in [5.74, 6) is 0.293. The van der Waals surface area contributed by atoms with Gasteiger partial charge in [-0.2, -0.15) is 18.3 Å². The van der Waals surface area contributed by atoms with Crippen LogP contribution >= 0.6 is 0 Å². The number of anilines is 1. The Bertz CT molecular complexity index is 1400. The summed E-state index contributed by atoms with van der Waals surface area (Å²) in [7, 11) is 0. The quantitative estimate of drug-likeness (QED) is 0.481. The molecule has 5 rings (SSSR count). The van der Waals surface area contributed by atoms with Crippen LogP contribution in [0.2, 0.25) is 0 Å². The van der Waals surface area contributed by atoms with E-state index in [2.05, 4.69) is 15.1 Å². The van der Waals surface area contributed by atoms with Crippen molar-refractivity contribution in [3.63, 3.8) is 0 Å². The van der Waals surface area contributed by atoms with E-state index in [0.29, 0.717) is 54.2 Å². The molecule has 2 N–H and O–H groups in total. The molecule has 2 aromatic carbocycles. The number of fused-ring (bicyclic) bond motifs is 1. The highest BCUT2D eigenvalue weighted by Gasteiger charge is 2.33. The van der Waals surface area contributed by atoms with Crippen LogP contribution in [0.5, 0.6) is 0 Å². The van der Waals surface area contributed by atoms with Crippen molar-refractivity contribution in [1.29, 1.82) is 0 Å². The molecule has 1 aliphatic rings. The number of piperazine rings is 1. The molecule has 11 heteroatoms. The molecule has 34 heavy (non-hydrogen) atoms. The van der Waals surface area contributed by atoms with Crippen LogP contribution in [-0.2, 0) is 6.18 Å². The van der Waals surface area contributed by atoms with Gasteiger partial charge >= 0.3 is 6.18 Å². The van der Waals surface area contributed by atoms with E-state index < -0.39 is 11.9 Å². The fourth-order valence-electron chi connectivity index (χ4n) is 3.93. The van der Waals surface area contributed by atoms with Crippen molar-refractivity contribution in [1.82, 2.24) is 25.1 Å². The molecule has 1 saturated heterocycles. The average Bonchev–Trinajstić information content (AvgIpc) is 3.35. The molecule has 3 heterocycles. The van der Waals surface area contributed by atoms with E-state index in [1.807, 2.05) is 16.1 Å². The highest BCUT2D eigenvalue weighted by Crippen LogP contribution is 2.30. The number of carbonyl (C=O) groups is 1. The first-order chi connectivity index (χ1) is 16.3. The smallest absolute Gasteiger partial charge is 0.339 e. The van der Waals surface area contributed by atoms with Crippen LogP contribution in [0, 0.1) is 0 Å². The number of para-hydroxylation sites is 1. The normalized spacial score (nSPS) is 14.6. The fraction of sp³-hybridized carbons (Fsp3) is 0.217. The van der Waals surface area contributed by atoms with Gasteiger partial charge in [0, 0.05) is 37.3 Å². The summed E-state index contributed by atoms with van der Waals surface area (Å²) in [6.45, 7) is 1.87. The lowest BCUT2D eigenvalue weighted by Crippen LogP contribution is -2.49. The number of halogens is 3. The zero-order valence-electron chi connectivity index (χ0n) is 17.8. The second kappa shape index (κ2) is 8.32. The van der Waals surface area contributed by atoms with Crippen molar-refractivity contribution in [2.75, 3.05) is 31.1 Å². The summed E-state index contributed by atoms with van der Waals surface area (Å²) in [5.41, 5.74) is 0.526. The zero-order chi connectivity index (χ0) is 23.9. The lowest BCUT2D eigenvalue weighted by molar-refractivity contribution is -0.141. The first-order valence-corrected chi connectivity index (χ1v) is 10.6. The largest absolute Gasteiger partial charge is 0.432 e. The van der Waals surface area contributed by atoms with Gasteiger partial charge in [-0.1, -0.05) is 24.3 Å². The van der Waals surface area contributed by atoms with Gasteiger partial charge in [0.1, 0.15) is 5.69 Å². The molecule has 0 aliphatic carbocycles. The van der Waals surface area contributed by atoms with Gasteiger partial charge in [0.2, 0.25) is 5.95 Å².